The molecule has 1 aromatic carbocycles. The highest BCUT2D eigenvalue weighted by Crippen LogP contribution is 2.13. The van der Waals surface area contributed by atoms with Gasteiger partial charge in [-0.1, -0.05) is 25.1 Å². The first kappa shape index (κ1) is 16.2. The van der Waals surface area contributed by atoms with E-state index in [9.17, 15) is 5.11 Å². The molecule has 21 heavy (non-hydrogen) atoms. The van der Waals surface area contributed by atoms with Gasteiger partial charge in [0.05, 0.1) is 0 Å². The highest BCUT2D eigenvalue weighted by Gasteiger charge is 2.14. The van der Waals surface area contributed by atoms with Crippen molar-refractivity contribution in [2.75, 3.05) is 26.2 Å². The predicted octanol–water partition coefficient (Wildman–Crippen LogP) is 1.94. The number of likely N-dealkylation sites (tertiary alicyclic amines) is 1. The molecule has 0 bridgehead atoms. The van der Waals surface area contributed by atoms with Crippen LogP contribution in [0.2, 0.25) is 0 Å². The first-order valence-corrected chi connectivity index (χ1v) is 7.99. The standard InChI is InChI=1S/C16H24N2O2S/c17-16(21)13-5-7-15(8-6-13)20-12-14(19)11-18-9-3-1-2-4-10-18/h5-8,14,19H,1-4,9-12H2,(H2,17,21). The van der Waals surface area contributed by atoms with E-state index in [-0.39, 0.29) is 0 Å². The number of thiocarbonyl (C=S) groups is 1. The molecular formula is C16H24N2O2S. The van der Waals surface area contributed by atoms with E-state index in [0.29, 0.717) is 18.1 Å². The van der Waals surface area contributed by atoms with Gasteiger partial charge in [-0.15, -0.1) is 0 Å². The van der Waals surface area contributed by atoms with Gasteiger partial charge in [0.1, 0.15) is 23.4 Å². The summed E-state index contributed by atoms with van der Waals surface area (Å²) in [5.41, 5.74) is 6.37. The van der Waals surface area contributed by atoms with E-state index in [0.717, 1.165) is 24.4 Å². The van der Waals surface area contributed by atoms with Crippen LogP contribution in [0.3, 0.4) is 0 Å². The summed E-state index contributed by atoms with van der Waals surface area (Å²) in [6.07, 6.45) is 4.61. The van der Waals surface area contributed by atoms with Crippen molar-refractivity contribution in [3.8, 4) is 5.75 Å². The summed E-state index contributed by atoms with van der Waals surface area (Å²) >= 11 is 4.91. The summed E-state index contributed by atoms with van der Waals surface area (Å²) in [6, 6.07) is 7.32. The fraction of sp³-hybridized carbons (Fsp3) is 0.562. The lowest BCUT2D eigenvalue weighted by Crippen LogP contribution is -2.36. The van der Waals surface area contributed by atoms with Crippen molar-refractivity contribution in [3.05, 3.63) is 29.8 Å². The van der Waals surface area contributed by atoms with Crippen LogP contribution in [-0.2, 0) is 0 Å². The first-order chi connectivity index (χ1) is 10.1. The summed E-state index contributed by atoms with van der Waals surface area (Å²) < 4.78 is 5.61. The predicted molar refractivity (Wildman–Crippen MR) is 88.7 cm³/mol. The van der Waals surface area contributed by atoms with Gasteiger partial charge in [-0.25, -0.2) is 0 Å². The Hall–Kier alpha value is -1.17. The smallest absolute Gasteiger partial charge is 0.119 e. The van der Waals surface area contributed by atoms with Crippen LogP contribution in [0.25, 0.3) is 0 Å². The zero-order chi connectivity index (χ0) is 15.1. The van der Waals surface area contributed by atoms with Crippen molar-refractivity contribution in [2.45, 2.75) is 31.8 Å². The van der Waals surface area contributed by atoms with Crippen molar-refractivity contribution >= 4 is 17.2 Å². The van der Waals surface area contributed by atoms with Crippen molar-refractivity contribution < 1.29 is 9.84 Å². The molecule has 0 saturated carbocycles. The quantitative estimate of drug-likeness (QED) is 0.787. The second kappa shape index (κ2) is 8.32. The van der Waals surface area contributed by atoms with Crippen LogP contribution in [0.1, 0.15) is 31.2 Å². The van der Waals surface area contributed by atoms with E-state index in [4.69, 9.17) is 22.7 Å². The molecule has 1 heterocycles. The molecule has 1 atom stereocenters. The average Bonchev–Trinajstić information content (AvgIpc) is 2.74. The molecule has 0 aliphatic carbocycles. The molecule has 1 aliphatic heterocycles. The van der Waals surface area contributed by atoms with Gasteiger partial charge in [0.15, 0.2) is 0 Å². The molecule has 1 fully saturated rings. The SMILES string of the molecule is NC(=S)c1ccc(OCC(O)CN2CCCCCC2)cc1. The summed E-state index contributed by atoms with van der Waals surface area (Å²) in [6.45, 7) is 3.16. The Kier molecular flexibility index (Phi) is 6.42. The molecule has 0 amide bonds. The third-order valence-corrected chi connectivity index (χ3v) is 3.98. The van der Waals surface area contributed by atoms with Gasteiger partial charge >= 0.3 is 0 Å². The van der Waals surface area contributed by atoms with Crippen LogP contribution in [0.5, 0.6) is 5.75 Å². The topological polar surface area (TPSA) is 58.7 Å². The van der Waals surface area contributed by atoms with E-state index in [2.05, 4.69) is 4.90 Å². The van der Waals surface area contributed by atoms with Crippen LogP contribution in [0.15, 0.2) is 24.3 Å². The molecule has 3 N–H and O–H groups in total. The van der Waals surface area contributed by atoms with Crippen LogP contribution in [0, 0.1) is 0 Å². The van der Waals surface area contributed by atoms with Crippen molar-refractivity contribution in [3.63, 3.8) is 0 Å². The molecule has 0 radical (unpaired) electrons. The molecule has 1 unspecified atom stereocenters. The number of hydrogen-bond acceptors (Lipinski definition) is 4. The van der Waals surface area contributed by atoms with Crippen molar-refractivity contribution in [1.82, 2.24) is 4.90 Å². The fourth-order valence-corrected chi connectivity index (χ4v) is 2.71. The molecule has 2 rings (SSSR count). The third-order valence-electron chi connectivity index (χ3n) is 3.75. The maximum absolute atomic E-state index is 10.1. The Balaban J connectivity index is 1.75. The lowest BCUT2D eigenvalue weighted by atomic mass is 10.2. The van der Waals surface area contributed by atoms with Crippen LogP contribution in [0.4, 0.5) is 0 Å². The van der Waals surface area contributed by atoms with E-state index in [1.54, 1.807) is 0 Å². The number of nitrogens with two attached hydrogens (primary N) is 1. The number of ether oxygens (including phenoxy) is 1. The zero-order valence-corrected chi connectivity index (χ0v) is 13.1. The summed E-state index contributed by atoms with van der Waals surface area (Å²) in [5, 5.41) is 10.1. The Bertz CT molecular complexity index is 442. The van der Waals surface area contributed by atoms with Crippen LogP contribution < -0.4 is 10.5 Å². The fourth-order valence-electron chi connectivity index (χ4n) is 2.58. The number of β-amino-alcohol motifs (C(OH)–C–C–N with tert-alkyl or cyclic N) is 1. The number of benzene rings is 1. The van der Waals surface area contributed by atoms with Gasteiger partial charge in [-0.3, -0.25) is 0 Å². The second-order valence-electron chi connectivity index (χ2n) is 5.57. The molecule has 116 valence electrons. The highest BCUT2D eigenvalue weighted by atomic mass is 32.1. The normalized spacial score (nSPS) is 18.0. The van der Waals surface area contributed by atoms with Gasteiger partial charge in [0.25, 0.3) is 0 Å². The van der Waals surface area contributed by atoms with Gasteiger partial charge in [-0.05, 0) is 50.2 Å². The largest absolute Gasteiger partial charge is 0.491 e. The minimum atomic E-state index is -0.460. The minimum Gasteiger partial charge on any atom is -0.491 e. The summed E-state index contributed by atoms with van der Waals surface area (Å²) in [4.78, 5) is 2.71. The lowest BCUT2D eigenvalue weighted by Gasteiger charge is -2.23. The average molecular weight is 308 g/mol. The molecule has 1 aliphatic rings. The van der Waals surface area contributed by atoms with E-state index < -0.39 is 6.10 Å². The van der Waals surface area contributed by atoms with Gasteiger partial charge in [0.2, 0.25) is 0 Å². The van der Waals surface area contributed by atoms with E-state index in [1.807, 2.05) is 24.3 Å². The second-order valence-corrected chi connectivity index (χ2v) is 6.01. The molecule has 0 aromatic heterocycles. The molecular weight excluding hydrogens is 284 g/mol. The van der Waals surface area contributed by atoms with E-state index >= 15 is 0 Å². The number of aliphatic hydroxyl groups is 1. The van der Waals surface area contributed by atoms with Gasteiger partial charge < -0.3 is 20.5 Å². The van der Waals surface area contributed by atoms with Crippen LogP contribution >= 0.6 is 12.2 Å². The Morgan fingerprint density at radius 2 is 1.81 bits per heavy atom. The molecule has 0 spiro atoms. The molecule has 5 heteroatoms. The maximum atomic E-state index is 10.1. The lowest BCUT2D eigenvalue weighted by molar-refractivity contribution is 0.0693. The zero-order valence-electron chi connectivity index (χ0n) is 12.3. The number of aliphatic hydroxyl groups excluding tert-OH is 1. The monoisotopic (exact) mass is 308 g/mol. The maximum Gasteiger partial charge on any atom is 0.119 e. The van der Waals surface area contributed by atoms with Crippen LogP contribution in [-0.4, -0.2) is 47.3 Å². The number of nitrogens with zero attached hydrogens (tertiary/aromatic N) is 1. The first-order valence-electron chi connectivity index (χ1n) is 7.58. The van der Waals surface area contributed by atoms with E-state index in [1.165, 1.54) is 25.7 Å². The van der Waals surface area contributed by atoms with Gasteiger partial charge in [-0.2, -0.15) is 0 Å². The summed E-state index contributed by atoms with van der Waals surface area (Å²) in [5.74, 6) is 0.727. The molecule has 1 aromatic rings. The minimum absolute atomic E-state index is 0.308. The van der Waals surface area contributed by atoms with Crippen molar-refractivity contribution in [2.24, 2.45) is 5.73 Å². The Morgan fingerprint density at radius 1 is 1.19 bits per heavy atom. The Labute approximate surface area is 131 Å². The number of hydrogen-bond donors (Lipinski definition) is 2. The highest BCUT2D eigenvalue weighted by molar-refractivity contribution is 7.80. The molecule has 1 saturated heterocycles. The molecule has 4 nitrogen and oxygen atoms in total. The third kappa shape index (κ3) is 5.61. The Morgan fingerprint density at radius 3 is 2.38 bits per heavy atom. The van der Waals surface area contributed by atoms with Gasteiger partial charge in [0, 0.05) is 12.1 Å². The summed E-state index contributed by atoms with van der Waals surface area (Å²) in [7, 11) is 0. The van der Waals surface area contributed by atoms with Crippen molar-refractivity contribution in [1.29, 1.82) is 0 Å². The number of rotatable bonds is 6.